The number of halogens is 2. The number of esters is 1. The van der Waals surface area contributed by atoms with Crippen LogP contribution in [0.25, 0.3) is 0 Å². The van der Waals surface area contributed by atoms with Crippen LogP contribution in [-0.4, -0.2) is 45.5 Å². The van der Waals surface area contributed by atoms with Crippen molar-refractivity contribution in [2.24, 2.45) is 0 Å². The van der Waals surface area contributed by atoms with Crippen molar-refractivity contribution in [1.82, 2.24) is 14.9 Å². The molecule has 0 unspecified atom stereocenters. The third-order valence-corrected chi connectivity index (χ3v) is 5.44. The molecule has 198 valence electrons. The van der Waals surface area contributed by atoms with Crippen molar-refractivity contribution in [1.29, 1.82) is 0 Å². The Balaban J connectivity index is 2.10. The lowest BCUT2D eigenvalue weighted by atomic mass is 10.1. The number of ether oxygens (including phenoxy) is 3. The van der Waals surface area contributed by atoms with Crippen LogP contribution in [0.15, 0.2) is 39.9 Å². The van der Waals surface area contributed by atoms with E-state index in [1.165, 1.54) is 6.33 Å². The fraction of sp³-hybridized carbons (Fsp3) is 0.520. The molecule has 2 aromatic rings. The van der Waals surface area contributed by atoms with Gasteiger partial charge in [-0.25, -0.2) is 9.78 Å². The molecule has 1 heterocycles. The minimum absolute atomic E-state index is 0.0357. The lowest BCUT2D eigenvalue weighted by Crippen LogP contribution is -2.42. The highest BCUT2D eigenvalue weighted by molar-refractivity contribution is 9.10. The molecule has 1 aromatic carbocycles. The first-order valence-electron chi connectivity index (χ1n) is 11.5. The predicted octanol–water partition coefficient (Wildman–Crippen LogP) is 4.91. The molecule has 1 amide bonds. The Morgan fingerprint density at radius 1 is 1.08 bits per heavy atom. The Bertz CT molecular complexity index is 1110. The number of benzene rings is 1. The molecule has 11 heteroatoms. The average Bonchev–Trinajstić information content (AvgIpc) is 2.73. The maximum Gasteiger partial charge on any atom is 0.407 e. The van der Waals surface area contributed by atoms with E-state index in [0.717, 1.165) is 10.1 Å². The molecular weight excluding hydrogens is 554 g/mol. The minimum Gasteiger partial charge on any atom is -0.474 e. The molecule has 2 rings (SSSR count). The zero-order chi connectivity index (χ0) is 27.1. The third-order valence-electron chi connectivity index (χ3n) is 4.51. The number of carbonyl (C=O) groups is 2. The summed E-state index contributed by atoms with van der Waals surface area (Å²) in [5.41, 5.74) is -0.783. The van der Waals surface area contributed by atoms with Crippen molar-refractivity contribution >= 4 is 39.6 Å². The number of aryl methyl sites for hydroxylation is 1. The molecule has 1 aromatic heterocycles. The van der Waals surface area contributed by atoms with E-state index >= 15 is 0 Å². The Morgan fingerprint density at radius 2 is 1.69 bits per heavy atom. The van der Waals surface area contributed by atoms with E-state index in [0.29, 0.717) is 17.9 Å². The van der Waals surface area contributed by atoms with Gasteiger partial charge in [0.05, 0.1) is 6.04 Å². The third kappa shape index (κ3) is 10.6. The summed E-state index contributed by atoms with van der Waals surface area (Å²) in [6.07, 6.45) is 1.82. The number of alkyl carbamates (subject to hydrolysis) is 1. The molecule has 0 saturated carbocycles. The fourth-order valence-corrected chi connectivity index (χ4v) is 3.59. The van der Waals surface area contributed by atoms with Gasteiger partial charge in [0.15, 0.2) is 0 Å². The molecule has 36 heavy (non-hydrogen) atoms. The van der Waals surface area contributed by atoms with Crippen LogP contribution in [0.1, 0.15) is 53.5 Å². The zero-order valence-corrected chi connectivity index (χ0v) is 23.7. The molecular formula is C25H33BrClN3O6. The van der Waals surface area contributed by atoms with Crippen LogP contribution in [0.4, 0.5) is 4.79 Å². The summed E-state index contributed by atoms with van der Waals surface area (Å²) in [5, 5.41) is 3.46. The monoisotopic (exact) mass is 585 g/mol. The molecule has 0 fully saturated rings. The number of aromatic nitrogens is 2. The number of nitrogens with zero attached hydrogens (tertiary/aromatic N) is 2. The van der Waals surface area contributed by atoms with E-state index in [1.807, 2.05) is 12.1 Å². The first-order chi connectivity index (χ1) is 16.6. The number of hydrogen-bond donors (Lipinski definition) is 1. The first kappa shape index (κ1) is 29.6. The van der Waals surface area contributed by atoms with Crippen LogP contribution in [0.5, 0.6) is 5.88 Å². The highest BCUT2D eigenvalue weighted by Crippen LogP contribution is 2.19. The summed E-state index contributed by atoms with van der Waals surface area (Å²) in [6.45, 7) is 10.3. The first-order valence-corrected chi connectivity index (χ1v) is 12.6. The maximum atomic E-state index is 12.7. The standard InChI is InChI=1S/C25H33BrClN3O6/c1-24(2,3)35-19(31)13-30-15-28-21(20(26)22(30)32)34-14-18(29-23(33)36-25(4,5)6)12-9-16-7-10-17(27)11-8-16/h7-8,10-11,15,18H,9,12-14H2,1-6H3,(H,29,33)/t18-/m1/s1. The lowest BCUT2D eigenvalue weighted by molar-refractivity contribution is -0.155. The van der Waals surface area contributed by atoms with E-state index in [1.54, 1.807) is 53.7 Å². The van der Waals surface area contributed by atoms with E-state index in [4.69, 9.17) is 25.8 Å². The van der Waals surface area contributed by atoms with Gasteiger partial charge in [0.25, 0.3) is 5.56 Å². The van der Waals surface area contributed by atoms with Crippen molar-refractivity contribution in [3.63, 3.8) is 0 Å². The summed E-state index contributed by atoms with van der Waals surface area (Å²) in [4.78, 5) is 41.3. The minimum atomic E-state index is -0.670. The van der Waals surface area contributed by atoms with Crippen molar-refractivity contribution < 1.29 is 23.8 Å². The van der Waals surface area contributed by atoms with Gasteiger partial charge in [0.1, 0.15) is 35.2 Å². The molecule has 0 bridgehead atoms. The summed E-state index contributed by atoms with van der Waals surface area (Å²) >= 11 is 9.17. The summed E-state index contributed by atoms with van der Waals surface area (Å²) in [5.74, 6) is -0.515. The van der Waals surface area contributed by atoms with Crippen molar-refractivity contribution in [3.8, 4) is 5.88 Å². The second kappa shape index (κ2) is 12.6. The highest BCUT2D eigenvalue weighted by Gasteiger charge is 2.22. The van der Waals surface area contributed by atoms with Crippen LogP contribution in [0, 0.1) is 0 Å². The molecule has 0 aliphatic carbocycles. The van der Waals surface area contributed by atoms with Gasteiger partial charge in [0, 0.05) is 5.02 Å². The van der Waals surface area contributed by atoms with Crippen LogP contribution in [-0.2, 0) is 27.2 Å². The molecule has 0 aliphatic rings. The van der Waals surface area contributed by atoms with Gasteiger partial charge in [-0.2, -0.15) is 0 Å². The van der Waals surface area contributed by atoms with Gasteiger partial charge in [0.2, 0.25) is 5.88 Å². The van der Waals surface area contributed by atoms with Crippen molar-refractivity contribution in [3.05, 3.63) is 56.0 Å². The number of amides is 1. The highest BCUT2D eigenvalue weighted by atomic mass is 79.9. The van der Waals surface area contributed by atoms with Crippen LogP contribution >= 0.6 is 27.5 Å². The second-order valence-corrected chi connectivity index (χ2v) is 11.4. The SMILES string of the molecule is CC(C)(C)OC(=O)Cn1cnc(OC[C@@H](CCc2ccc(Cl)cc2)NC(=O)OC(C)(C)C)c(Br)c1=O. The van der Waals surface area contributed by atoms with Gasteiger partial charge in [-0.1, -0.05) is 23.7 Å². The predicted molar refractivity (Wildman–Crippen MR) is 140 cm³/mol. The van der Waals surface area contributed by atoms with Crippen LogP contribution in [0.2, 0.25) is 5.02 Å². The Hall–Kier alpha value is -2.59. The zero-order valence-electron chi connectivity index (χ0n) is 21.4. The average molecular weight is 587 g/mol. The van der Waals surface area contributed by atoms with Gasteiger partial charge >= 0.3 is 12.1 Å². The second-order valence-electron chi connectivity index (χ2n) is 10.2. The van der Waals surface area contributed by atoms with Gasteiger partial charge < -0.3 is 19.5 Å². The fourth-order valence-electron chi connectivity index (χ4n) is 3.02. The topological polar surface area (TPSA) is 109 Å². The van der Waals surface area contributed by atoms with Crippen molar-refractivity contribution in [2.45, 2.75) is 78.2 Å². The van der Waals surface area contributed by atoms with E-state index in [-0.39, 0.29) is 23.5 Å². The number of hydrogen-bond acceptors (Lipinski definition) is 7. The quantitative estimate of drug-likeness (QED) is 0.416. The van der Waals surface area contributed by atoms with Crippen LogP contribution < -0.4 is 15.6 Å². The van der Waals surface area contributed by atoms with Gasteiger partial charge in [-0.15, -0.1) is 0 Å². The Kier molecular flexibility index (Phi) is 10.4. The number of rotatable bonds is 9. The molecule has 0 spiro atoms. The summed E-state index contributed by atoms with van der Waals surface area (Å²) < 4.78 is 17.6. The Morgan fingerprint density at radius 3 is 2.28 bits per heavy atom. The molecule has 1 atom stereocenters. The van der Waals surface area contributed by atoms with Gasteiger partial charge in [-0.05, 0) is 88.0 Å². The van der Waals surface area contributed by atoms with Crippen LogP contribution in [0.3, 0.4) is 0 Å². The molecule has 0 saturated heterocycles. The van der Waals surface area contributed by atoms with E-state index < -0.39 is 34.9 Å². The Labute approximate surface area is 224 Å². The largest absolute Gasteiger partial charge is 0.474 e. The summed E-state index contributed by atoms with van der Waals surface area (Å²) in [6, 6.07) is 6.99. The summed E-state index contributed by atoms with van der Waals surface area (Å²) in [7, 11) is 0. The smallest absolute Gasteiger partial charge is 0.407 e. The molecule has 1 N–H and O–H groups in total. The number of carbonyl (C=O) groups excluding carboxylic acids is 2. The van der Waals surface area contributed by atoms with E-state index in [2.05, 4.69) is 26.2 Å². The van der Waals surface area contributed by atoms with E-state index in [9.17, 15) is 14.4 Å². The molecule has 9 nitrogen and oxygen atoms in total. The molecule has 0 aliphatic heterocycles. The lowest BCUT2D eigenvalue weighted by Gasteiger charge is -2.24. The maximum absolute atomic E-state index is 12.7. The normalized spacial score (nSPS) is 12.6. The van der Waals surface area contributed by atoms with Crippen molar-refractivity contribution in [2.75, 3.05) is 6.61 Å². The molecule has 0 radical (unpaired) electrons. The van der Waals surface area contributed by atoms with Gasteiger partial charge in [-0.3, -0.25) is 14.2 Å². The number of nitrogens with one attached hydrogen (secondary N) is 1.